The molecule has 1 aromatic carbocycles. The molecule has 2 rings (SSSR count). The van der Waals surface area contributed by atoms with Gasteiger partial charge in [0.15, 0.2) is 5.82 Å². The van der Waals surface area contributed by atoms with Gasteiger partial charge in [0.05, 0.1) is 13.5 Å². The van der Waals surface area contributed by atoms with Crippen LogP contribution in [-0.4, -0.2) is 45.8 Å². The number of rotatable bonds is 6. The van der Waals surface area contributed by atoms with Gasteiger partial charge in [0.2, 0.25) is 11.5 Å². The van der Waals surface area contributed by atoms with Crippen LogP contribution in [0.5, 0.6) is 5.75 Å². The number of methoxy groups -OCH3 is 1. The number of benzene rings is 1. The number of imidazole rings is 1. The molecule has 1 heterocycles. The summed E-state index contributed by atoms with van der Waals surface area (Å²) in [5.74, 6) is -0.924. The molecular formula is C17H20F3N3O3. The molecule has 0 bridgehead atoms. The van der Waals surface area contributed by atoms with Crippen LogP contribution in [0.2, 0.25) is 0 Å². The number of aromatic nitrogens is 2. The van der Waals surface area contributed by atoms with Crippen LogP contribution in [0.1, 0.15) is 17.8 Å². The van der Waals surface area contributed by atoms with Gasteiger partial charge in [-0.25, -0.2) is 4.98 Å². The molecule has 9 heteroatoms. The molecule has 1 unspecified atom stereocenters. The monoisotopic (exact) mass is 371 g/mol. The molecule has 0 aliphatic heterocycles. The zero-order valence-electron chi connectivity index (χ0n) is 14.6. The summed E-state index contributed by atoms with van der Waals surface area (Å²) in [6, 6.07) is 6.83. The number of carbonyl (C=O) groups excluding carboxylic acids is 1. The Bertz CT molecular complexity index is 776. The molecule has 2 aromatic rings. The Morgan fingerprint density at radius 3 is 2.62 bits per heavy atom. The van der Waals surface area contributed by atoms with Crippen molar-refractivity contribution in [2.45, 2.75) is 24.7 Å². The van der Waals surface area contributed by atoms with Crippen molar-refractivity contribution in [3.63, 3.8) is 0 Å². The van der Waals surface area contributed by atoms with Crippen molar-refractivity contribution in [3.05, 3.63) is 48.0 Å². The van der Waals surface area contributed by atoms with Gasteiger partial charge in [-0.2, -0.15) is 13.2 Å². The number of alkyl halides is 3. The minimum Gasteiger partial charge on any atom is -0.497 e. The van der Waals surface area contributed by atoms with Crippen LogP contribution in [0.15, 0.2) is 36.7 Å². The molecule has 6 nitrogen and oxygen atoms in total. The number of halogens is 3. The highest BCUT2D eigenvalue weighted by atomic mass is 19.4. The van der Waals surface area contributed by atoms with E-state index >= 15 is 0 Å². The Kier molecular flexibility index (Phi) is 5.60. The number of hydrogen-bond acceptors (Lipinski definition) is 4. The largest absolute Gasteiger partial charge is 0.497 e. The van der Waals surface area contributed by atoms with Crippen molar-refractivity contribution in [1.29, 1.82) is 0 Å². The average molecular weight is 371 g/mol. The summed E-state index contributed by atoms with van der Waals surface area (Å²) in [4.78, 5) is 17.1. The summed E-state index contributed by atoms with van der Waals surface area (Å²) in [7, 11) is 4.19. The van der Waals surface area contributed by atoms with Crippen molar-refractivity contribution < 1.29 is 27.8 Å². The molecule has 0 radical (unpaired) electrons. The van der Waals surface area contributed by atoms with E-state index in [0.29, 0.717) is 11.3 Å². The van der Waals surface area contributed by atoms with Gasteiger partial charge in [0.1, 0.15) is 5.75 Å². The summed E-state index contributed by atoms with van der Waals surface area (Å²) >= 11 is 0. The van der Waals surface area contributed by atoms with Gasteiger partial charge in [-0.05, 0) is 17.7 Å². The van der Waals surface area contributed by atoms with E-state index in [1.165, 1.54) is 27.4 Å². The molecule has 0 aliphatic carbocycles. The van der Waals surface area contributed by atoms with Crippen LogP contribution >= 0.6 is 0 Å². The lowest BCUT2D eigenvalue weighted by atomic mass is 9.96. The van der Waals surface area contributed by atoms with Gasteiger partial charge in [-0.15, -0.1) is 0 Å². The molecule has 1 aromatic heterocycles. The van der Waals surface area contributed by atoms with E-state index in [2.05, 4.69) is 4.98 Å². The normalized spacial score (nSPS) is 14.0. The van der Waals surface area contributed by atoms with Gasteiger partial charge < -0.3 is 19.3 Å². The van der Waals surface area contributed by atoms with E-state index in [0.717, 1.165) is 15.7 Å². The van der Waals surface area contributed by atoms with Crippen LogP contribution < -0.4 is 4.74 Å². The predicted octanol–water partition coefficient (Wildman–Crippen LogP) is 2.23. The molecule has 0 spiro atoms. The van der Waals surface area contributed by atoms with Gasteiger partial charge in [-0.1, -0.05) is 12.1 Å². The number of ether oxygens (including phenoxy) is 1. The quantitative estimate of drug-likeness (QED) is 0.846. The summed E-state index contributed by atoms with van der Waals surface area (Å²) in [6.07, 6.45) is -3.81. The number of aryl methyl sites for hydroxylation is 1. The molecule has 1 amide bonds. The zero-order chi connectivity index (χ0) is 19.5. The first-order valence-corrected chi connectivity index (χ1v) is 7.72. The second-order valence-electron chi connectivity index (χ2n) is 6.00. The first-order chi connectivity index (χ1) is 12.1. The van der Waals surface area contributed by atoms with Gasteiger partial charge in [0, 0.05) is 33.0 Å². The summed E-state index contributed by atoms with van der Waals surface area (Å²) in [6.45, 7) is 0.0739. The number of nitrogens with zero attached hydrogens (tertiary/aromatic N) is 3. The van der Waals surface area contributed by atoms with Crippen molar-refractivity contribution in [1.82, 2.24) is 14.5 Å². The topological polar surface area (TPSA) is 67.6 Å². The molecule has 0 saturated heterocycles. The second-order valence-corrected chi connectivity index (χ2v) is 6.00. The van der Waals surface area contributed by atoms with Crippen molar-refractivity contribution >= 4 is 5.91 Å². The lowest BCUT2D eigenvalue weighted by Gasteiger charge is -2.31. The Morgan fingerprint density at radius 2 is 2.08 bits per heavy atom. The molecule has 1 atom stereocenters. The van der Waals surface area contributed by atoms with E-state index in [4.69, 9.17) is 4.74 Å². The minimum atomic E-state index is -5.06. The second kappa shape index (κ2) is 7.36. The maximum Gasteiger partial charge on any atom is 0.425 e. The highest BCUT2D eigenvalue weighted by Crippen LogP contribution is 2.41. The van der Waals surface area contributed by atoms with Gasteiger partial charge in [0.25, 0.3) is 0 Å². The average Bonchev–Trinajstić information content (AvgIpc) is 3.00. The van der Waals surface area contributed by atoms with Crippen LogP contribution in [0, 0.1) is 0 Å². The van der Waals surface area contributed by atoms with Crippen LogP contribution in [0.3, 0.4) is 0 Å². The third kappa shape index (κ3) is 3.98. The Balaban J connectivity index is 2.20. The summed E-state index contributed by atoms with van der Waals surface area (Å²) in [5, 5.41) is 10.3. The number of amides is 1. The van der Waals surface area contributed by atoms with Crippen LogP contribution in [0.25, 0.3) is 0 Å². The van der Waals surface area contributed by atoms with Crippen molar-refractivity contribution in [3.8, 4) is 5.75 Å². The summed E-state index contributed by atoms with van der Waals surface area (Å²) < 4.78 is 46.6. The molecule has 1 N–H and O–H groups in total. The highest BCUT2D eigenvalue weighted by Gasteiger charge is 2.58. The third-order valence-electron chi connectivity index (χ3n) is 4.05. The Morgan fingerprint density at radius 1 is 1.38 bits per heavy atom. The first kappa shape index (κ1) is 19.8. The number of carbonyl (C=O) groups is 1. The zero-order valence-corrected chi connectivity index (χ0v) is 14.6. The first-order valence-electron chi connectivity index (χ1n) is 7.72. The van der Waals surface area contributed by atoms with Gasteiger partial charge >= 0.3 is 6.18 Å². The molecule has 0 saturated carbocycles. The fraction of sp³-hybridized carbons (Fsp3) is 0.412. The fourth-order valence-corrected chi connectivity index (χ4v) is 2.56. The fourth-order valence-electron chi connectivity index (χ4n) is 2.56. The van der Waals surface area contributed by atoms with E-state index in [9.17, 15) is 23.1 Å². The Labute approximate surface area is 148 Å². The molecule has 142 valence electrons. The van der Waals surface area contributed by atoms with E-state index in [-0.39, 0.29) is 6.54 Å². The number of hydrogen-bond donors (Lipinski definition) is 1. The molecule has 0 fully saturated rings. The molecule has 0 aliphatic rings. The van der Waals surface area contributed by atoms with Crippen molar-refractivity contribution in [2.24, 2.45) is 7.05 Å². The minimum absolute atomic E-state index is 0.0739. The maximum absolute atomic E-state index is 13.5. The Hall–Kier alpha value is -2.55. The van der Waals surface area contributed by atoms with E-state index < -0.39 is 29.9 Å². The SMILES string of the molecule is COc1cccc(CN(C)C(=O)CC(O)(c2nccn2C)C(F)(F)F)c1. The number of aliphatic hydroxyl groups is 1. The molecular weight excluding hydrogens is 351 g/mol. The van der Waals surface area contributed by atoms with Crippen LogP contribution in [-0.2, 0) is 24.0 Å². The maximum atomic E-state index is 13.5. The predicted molar refractivity (Wildman–Crippen MR) is 87.2 cm³/mol. The highest BCUT2D eigenvalue weighted by molar-refractivity contribution is 5.77. The summed E-state index contributed by atoms with van der Waals surface area (Å²) in [5.41, 5.74) is -2.68. The lowest BCUT2D eigenvalue weighted by Crippen LogP contribution is -2.48. The van der Waals surface area contributed by atoms with E-state index in [1.807, 2.05) is 0 Å². The third-order valence-corrected chi connectivity index (χ3v) is 4.05. The van der Waals surface area contributed by atoms with E-state index in [1.54, 1.807) is 24.3 Å². The van der Waals surface area contributed by atoms with Crippen molar-refractivity contribution in [2.75, 3.05) is 14.2 Å². The van der Waals surface area contributed by atoms with Crippen LogP contribution in [0.4, 0.5) is 13.2 Å². The smallest absolute Gasteiger partial charge is 0.425 e. The van der Waals surface area contributed by atoms with Gasteiger partial charge in [-0.3, -0.25) is 4.79 Å². The standard InChI is InChI=1S/C17H20F3N3O3/c1-22-8-7-21-15(22)16(25,17(18,19)20)10-14(24)23(2)11-12-5-4-6-13(9-12)26-3/h4-9,25H,10-11H2,1-3H3. The molecule has 26 heavy (non-hydrogen) atoms. The lowest BCUT2D eigenvalue weighted by molar-refractivity contribution is -0.271.